The molecule has 0 heterocycles. The first-order valence-electron chi connectivity index (χ1n) is 16.1. The minimum atomic E-state index is -2.65. The van der Waals surface area contributed by atoms with E-state index in [2.05, 4.69) is 151 Å². The molecule has 230 valence electrons. The van der Waals surface area contributed by atoms with Gasteiger partial charge in [-0.1, -0.05) is 0 Å². The Labute approximate surface area is 295 Å². The van der Waals surface area contributed by atoms with Crippen molar-refractivity contribution in [1.82, 2.24) is 0 Å². The van der Waals surface area contributed by atoms with Crippen molar-refractivity contribution in [2.75, 3.05) is 0 Å². The van der Waals surface area contributed by atoms with Crippen molar-refractivity contribution in [3.05, 3.63) is 160 Å². The van der Waals surface area contributed by atoms with E-state index in [1.165, 1.54) is 66.8 Å². The summed E-state index contributed by atoms with van der Waals surface area (Å²) in [6.07, 6.45) is 11.7. The Morgan fingerprint density at radius 1 is 0.674 bits per heavy atom. The van der Waals surface area contributed by atoms with E-state index in [9.17, 15) is 0 Å². The van der Waals surface area contributed by atoms with Crippen molar-refractivity contribution in [2.24, 2.45) is 0 Å². The first kappa shape index (κ1) is 33.1. The standard InChI is InChI=1S/C25H25.C13H10.C5H5.2ClH.Zr/c1-14-12-24(3,4)22-8-16-7-17-9-23-19(15(2)13-25(23,5)6)11-21(17)20(16)10-18(14)22;1-3-7-12(8-4-1)11-13-9-5-2-6-10-13;1-2-4-5-3-1;;;/h8-12H,7H2,1-6H3;1-10H;1-3H,4H2;2*1H;/q;;;;;+2/p-2. The monoisotopic (exact) mass is 716 g/mol. The Bertz CT molecular complexity index is 2010. The van der Waals surface area contributed by atoms with E-state index in [4.69, 9.17) is 0 Å². The summed E-state index contributed by atoms with van der Waals surface area (Å²) in [5.74, 6) is 0. The van der Waals surface area contributed by atoms with Crippen molar-refractivity contribution in [3.8, 4) is 11.1 Å². The number of allylic oxidation sites excluding steroid dienone is 8. The maximum absolute atomic E-state index is 2.65. The maximum Gasteiger partial charge on any atom is -1.00 e. The molecule has 0 aromatic heterocycles. The van der Waals surface area contributed by atoms with Gasteiger partial charge in [0.2, 0.25) is 0 Å². The average Bonchev–Trinajstić information content (AvgIpc) is 3.75. The Hall–Kier alpha value is -2.83. The van der Waals surface area contributed by atoms with Gasteiger partial charge in [-0.25, -0.2) is 0 Å². The van der Waals surface area contributed by atoms with Crippen molar-refractivity contribution < 1.29 is 46.1 Å². The molecule has 8 rings (SSSR count). The Balaban J connectivity index is 0.00000186. The van der Waals surface area contributed by atoms with Gasteiger partial charge in [0.25, 0.3) is 0 Å². The van der Waals surface area contributed by atoms with Gasteiger partial charge in [0, 0.05) is 0 Å². The van der Waals surface area contributed by atoms with E-state index >= 15 is 0 Å². The van der Waals surface area contributed by atoms with Crippen LogP contribution in [0, 0.1) is 0 Å². The van der Waals surface area contributed by atoms with Crippen LogP contribution in [0.4, 0.5) is 0 Å². The molecule has 3 heteroatoms. The van der Waals surface area contributed by atoms with Gasteiger partial charge >= 0.3 is 272 Å². The number of benzene rings is 4. The van der Waals surface area contributed by atoms with E-state index in [0.717, 1.165) is 12.8 Å². The molecular formula is C43H40Cl2Zr. The molecule has 0 radical (unpaired) electrons. The van der Waals surface area contributed by atoms with Crippen LogP contribution in [0.2, 0.25) is 0 Å². The topological polar surface area (TPSA) is 0 Å². The molecule has 0 unspecified atom stereocenters. The van der Waals surface area contributed by atoms with Gasteiger partial charge in [0.1, 0.15) is 0 Å². The predicted molar refractivity (Wildman–Crippen MR) is 185 cm³/mol. The molecule has 0 amide bonds. The van der Waals surface area contributed by atoms with E-state index in [1.54, 1.807) is 9.77 Å². The van der Waals surface area contributed by atoms with E-state index in [1.807, 2.05) is 0 Å². The molecule has 4 aliphatic carbocycles. The zero-order valence-electron chi connectivity index (χ0n) is 27.6. The van der Waals surface area contributed by atoms with Crippen LogP contribution in [0.3, 0.4) is 0 Å². The van der Waals surface area contributed by atoms with Crippen molar-refractivity contribution >= 4 is 14.4 Å². The number of hydrogen-bond donors (Lipinski definition) is 0. The van der Waals surface area contributed by atoms with Gasteiger partial charge in [0.05, 0.1) is 0 Å². The summed E-state index contributed by atoms with van der Waals surface area (Å²) in [5, 5.41) is 0. The van der Waals surface area contributed by atoms with Crippen molar-refractivity contribution in [3.63, 3.8) is 0 Å². The predicted octanol–water partition coefficient (Wildman–Crippen LogP) is 4.71. The smallest absolute Gasteiger partial charge is 1.00 e. The molecule has 0 saturated carbocycles. The third-order valence-corrected chi connectivity index (χ3v) is 19.5. The summed E-state index contributed by atoms with van der Waals surface area (Å²) in [6.45, 7) is 14.5. The molecule has 0 N–H and O–H groups in total. The molecule has 0 aliphatic heterocycles. The summed E-state index contributed by atoms with van der Waals surface area (Å²) in [4.78, 5) is 0. The second-order valence-electron chi connectivity index (χ2n) is 14.3. The summed E-state index contributed by atoms with van der Waals surface area (Å²) >= 11 is -2.65. The summed E-state index contributed by atoms with van der Waals surface area (Å²) in [5.41, 5.74) is 17.7. The second kappa shape index (κ2) is 12.0. The zero-order chi connectivity index (χ0) is 30.4. The van der Waals surface area contributed by atoms with Gasteiger partial charge in [-0.15, -0.1) is 0 Å². The van der Waals surface area contributed by atoms with E-state index < -0.39 is 21.3 Å². The number of fused-ring (bicyclic) bond motifs is 5. The summed E-state index contributed by atoms with van der Waals surface area (Å²) < 4.78 is 5.03. The first-order valence-corrected chi connectivity index (χ1v) is 19.8. The Morgan fingerprint density at radius 3 is 1.80 bits per heavy atom. The third-order valence-electron chi connectivity index (χ3n) is 10.6. The van der Waals surface area contributed by atoms with Crippen LogP contribution in [-0.2, 0) is 38.5 Å². The largest absolute Gasteiger partial charge is 1.00 e. The molecule has 4 aliphatic rings. The van der Waals surface area contributed by atoms with Crippen LogP contribution in [0.25, 0.3) is 22.3 Å². The molecule has 0 atom stereocenters. The van der Waals surface area contributed by atoms with Gasteiger partial charge < -0.3 is 24.8 Å². The molecular weight excluding hydrogens is 679 g/mol. The van der Waals surface area contributed by atoms with Crippen LogP contribution in [0.15, 0.2) is 116 Å². The van der Waals surface area contributed by atoms with Crippen LogP contribution in [0.1, 0.15) is 92.5 Å². The third kappa shape index (κ3) is 5.01. The average molecular weight is 719 g/mol. The van der Waals surface area contributed by atoms with E-state index in [0.29, 0.717) is 0 Å². The minimum Gasteiger partial charge on any atom is -1.00 e. The normalized spacial score (nSPS) is 17.1. The van der Waals surface area contributed by atoms with Crippen molar-refractivity contribution in [1.29, 1.82) is 0 Å². The Morgan fingerprint density at radius 2 is 1.24 bits per heavy atom. The quantitative estimate of drug-likeness (QED) is 0.253. The van der Waals surface area contributed by atoms with Crippen LogP contribution >= 0.6 is 0 Å². The zero-order valence-corrected chi connectivity index (χ0v) is 31.5. The van der Waals surface area contributed by atoms with Gasteiger partial charge in [-0.05, 0) is 0 Å². The van der Waals surface area contributed by atoms with Crippen LogP contribution in [0.5, 0.6) is 0 Å². The summed E-state index contributed by atoms with van der Waals surface area (Å²) in [6, 6.07) is 32.8. The van der Waals surface area contributed by atoms with Crippen LogP contribution < -0.4 is 24.8 Å². The fourth-order valence-electron chi connectivity index (χ4n) is 8.65. The fraction of sp³-hybridized carbons (Fsp3) is 0.233. The molecule has 4 aromatic rings. The van der Waals surface area contributed by atoms with Gasteiger partial charge in [-0.2, -0.15) is 0 Å². The fourth-order valence-corrected chi connectivity index (χ4v) is 17.6. The SMILES string of the molecule is CC1=CC(C)(C)c2cc3c(cc21)-c1cc2c(cc1C3)C(C)(C)[C]([Zr+2]([C]1=CC=CC1)=[C](c1ccccc1)c1ccccc1)=C2C.[Cl-].[Cl-]. The number of halogens is 2. The molecule has 0 saturated heterocycles. The number of rotatable bonds is 4. The molecule has 0 nitrogen and oxygen atoms in total. The number of hydrogen-bond acceptors (Lipinski definition) is 0. The molecule has 0 bridgehead atoms. The minimum absolute atomic E-state index is 0. The summed E-state index contributed by atoms with van der Waals surface area (Å²) in [7, 11) is 0. The Kier molecular flexibility index (Phi) is 8.63. The molecule has 0 spiro atoms. The van der Waals surface area contributed by atoms with Crippen LogP contribution in [-0.4, -0.2) is 3.21 Å². The van der Waals surface area contributed by atoms with Crippen molar-refractivity contribution in [2.45, 2.75) is 65.2 Å². The first-order chi connectivity index (χ1) is 21.1. The van der Waals surface area contributed by atoms with Gasteiger partial charge in [0.15, 0.2) is 0 Å². The molecule has 0 fully saturated rings. The maximum atomic E-state index is 2.60. The molecule has 4 aromatic carbocycles. The van der Waals surface area contributed by atoms with E-state index in [-0.39, 0.29) is 35.6 Å². The molecule has 46 heavy (non-hydrogen) atoms. The van der Waals surface area contributed by atoms with Gasteiger partial charge in [-0.3, -0.25) is 0 Å². The second-order valence-corrected chi connectivity index (χ2v) is 20.1.